The molecule has 0 spiro atoms. The SMILES string of the molecule is CCCCCCCC(=O)N1CC(C)(CC(C)(C)C#N)c2cc(Br)ccc21. The minimum atomic E-state index is -0.423. The van der Waals surface area contributed by atoms with Gasteiger partial charge in [-0.15, -0.1) is 0 Å². The molecule has 142 valence electrons. The minimum absolute atomic E-state index is 0.198. The van der Waals surface area contributed by atoms with Gasteiger partial charge < -0.3 is 4.90 Å². The van der Waals surface area contributed by atoms with Crippen LogP contribution in [0.1, 0.15) is 78.2 Å². The van der Waals surface area contributed by atoms with Crippen LogP contribution in [-0.4, -0.2) is 12.5 Å². The van der Waals surface area contributed by atoms with Crippen molar-refractivity contribution in [2.24, 2.45) is 5.41 Å². The first-order valence-electron chi connectivity index (χ1n) is 9.74. The normalized spacial score (nSPS) is 19.3. The van der Waals surface area contributed by atoms with Gasteiger partial charge in [0.25, 0.3) is 0 Å². The standard InChI is InChI=1S/C22H31BrN2O/c1-5-6-7-8-9-10-20(26)25-16-22(4,14-21(2,3)15-24)18-13-17(23)11-12-19(18)25/h11-13H,5-10,14,16H2,1-4H3. The van der Waals surface area contributed by atoms with Gasteiger partial charge in [-0.05, 0) is 50.5 Å². The number of amides is 1. The molecule has 0 fully saturated rings. The van der Waals surface area contributed by atoms with E-state index in [4.69, 9.17) is 0 Å². The van der Waals surface area contributed by atoms with Crippen molar-refractivity contribution in [2.75, 3.05) is 11.4 Å². The van der Waals surface area contributed by atoms with Crippen molar-refractivity contribution in [1.29, 1.82) is 5.26 Å². The van der Waals surface area contributed by atoms with Gasteiger partial charge in [-0.3, -0.25) is 4.79 Å². The van der Waals surface area contributed by atoms with Gasteiger partial charge in [-0.1, -0.05) is 55.5 Å². The van der Waals surface area contributed by atoms with E-state index in [-0.39, 0.29) is 11.3 Å². The summed E-state index contributed by atoms with van der Waals surface area (Å²) in [7, 11) is 0. The van der Waals surface area contributed by atoms with Crippen molar-refractivity contribution >= 4 is 27.5 Å². The molecular formula is C22H31BrN2O. The molecule has 1 heterocycles. The number of hydrogen-bond acceptors (Lipinski definition) is 2. The highest BCUT2D eigenvalue weighted by atomic mass is 79.9. The predicted octanol–water partition coefficient (Wildman–Crippen LogP) is 6.35. The van der Waals surface area contributed by atoms with Crippen LogP contribution in [0.2, 0.25) is 0 Å². The molecule has 4 heteroatoms. The number of fused-ring (bicyclic) bond motifs is 1. The second-order valence-electron chi connectivity index (χ2n) is 8.54. The molecule has 1 aliphatic heterocycles. The lowest BCUT2D eigenvalue weighted by atomic mass is 9.72. The highest BCUT2D eigenvalue weighted by Crippen LogP contribution is 2.47. The van der Waals surface area contributed by atoms with Crippen molar-refractivity contribution in [3.05, 3.63) is 28.2 Å². The summed E-state index contributed by atoms with van der Waals surface area (Å²) >= 11 is 3.57. The third-order valence-corrected chi connectivity index (χ3v) is 5.83. The molecule has 0 bridgehead atoms. The summed E-state index contributed by atoms with van der Waals surface area (Å²) in [6, 6.07) is 8.59. The average Bonchev–Trinajstić information content (AvgIpc) is 2.86. The fraction of sp³-hybridized carbons (Fsp3) is 0.636. The number of nitriles is 1. The van der Waals surface area contributed by atoms with E-state index in [1.54, 1.807) is 0 Å². The molecule has 1 aliphatic rings. The van der Waals surface area contributed by atoms with Crippen LogP contribution >= 0.6 is 15.9 Å². The fourth-order valence-corrected chi connectivity index (χ4v) is 4.51. The Balaban J connectivity index is 2.18. The van der Waals surface area contributed by atoms with E-state index < -0.39 is 5.41 Å². The maximum absolute atomic E-state index is 12.9. The number of anilines is 1. The highest BCUT2D eigenvalue weighted by molar-refractivity contribution is 9.10. The Kier molecular flexibility index (Phi) is 6.91. The van der Waals surface area contributed by atoms with Gasteiger partial charge in [0, 0.05) is 28.5 Å². The van der Waals surface area contributed by atoms with E-state index in [0.717, 1.165) is 29.4 Å². The van der Waals surface area contributed by atoms with Gasteiger partial charge in [0.15, 0.2) is 0 Å². The molecule has 1 atom stereocenters. The number of unbranched alkanes of at least 4 members (excludes halogenated alkanes) is 4. The number of rotatable bonds is 8. The van der Waals surface area contributed by atoms with Crippen molar-refractivity contribution in [3.63, 3.8) is 0 Å². The quantitative estimate of drug-likeness (QED) is 0.461. The molecule has 1 aromatic carbocycles. The molecule has 3 nitrogen and oxygen atoms in total. The van der Waals surface area contributed by atoms with E-state index in [1.165, 1.54) is 24.8 Å². The minimum Gasteiger partial charge on any atom is -0.311 e. The largest absolute Gasteiger partial charge is 0.311 e. The van der Waals surface area contributed by atoms with Crippen LogP contribution < -0.4 is 4.90 Å². The fourth-order valence-electron chi connectivity index (χ4n) is 4.15. The van der Waals surface area contributed by atoms with Gasteiger partial charge in [0.2, 0.25) is 5.91 Å². The third-order valence-electron chi connectivity index (χ3n) is 5.34. The first-order valence-corrected chi connectivity index (χ1v) is 10.5. The van der Waals surface area contributed by atoms with Crippen LogP contribution in [0.4, 0.5) is 5.69 Å². The Labute approximate surface area is 166 Å². The van der Waals surface area contributed by atoms with Crippen LogP contribution in [0.15, 0.2) is 22.7 Å². The average molecular weight is 419 g/mol. The first-order chi connectivity index (χ1) is 12.2. The van der Waals surface area contributed by atoms with Gasteiger partial charge in [0.05, 0.1) is 11.5 Å². The number of nitrogens with zero attached hydrogens (tertiary/aromatic N) is 2. The summed E-state index contributed by atoms with van der Waals surface area (Å²) in [6.45, 7) is 9.01. The summed E-state index contributed by atoms with van der Waals surface area (Å²) in [5, 5.41) is 9.49. The Bertz CT molecular complexity index is 692. The first kappa shape index (κ1) is 21.0. The molecule has 0 aliphatic carbocycles. The summed E-state index contributed by atoms with van der Waals surface area (Å²) in [5.74, 6) is 0.212. The number of hydrogen-bond donors (Lipinski definition) is 0. The molecule has 0 saturated carbocycles. The molecule has 2 rings (SSSR count). The predicted molar refractivity (Wildman–Crippen MR) is 111 cm³/mol. The van der Waals surface area contributed by atoms with E-state index in [0.29, 0.717) is 13.0 Å². The third kappa shape index (κ3) is 4.88. The van der Waals surface area contributed by atoms with E-state index in [1.807, 2.05) is 30.9 Å². The van der Waals surface area contributed by atoms with Crippen LogP contribution in [0.5, 0.6) is 0 Å². The molecular weight excluding hydrogens is 388 g/mol. The Morgan fingerprint density at radius 2 is 2.00 bits per heavy atom. The second kappa shape index (κ2) is 8.57. The van der Waals surface area contributed by atoms with Crippen LogP contribution in [-0.2, 0) is 10.2 Å². The number of halogens is 1. The van der Waals surface area contributed by atoms with Crippen LogP contribution in [0.25, 0.3) is 0 Å². The lowest BCUT2D eigenvalue weighted by Crippen LogP contribution is -2.37. The molecule has 1 amide bonds. The van der Waals surface area contributed by atoms with Crippen molar-refractivity contribution in [3.8, 4) is 6.07 Å². The smallest absolute Gasteiger partial charge is 0.227 e. The Morgan fingerprint density at radius 3 is 2.65 bits per heavy atom. The zero-order valence-electron chi connectivity index (χ0n) is 16.6. The van der Waals surface area contributed by atoms with Crippen molar-refractivity contribution < 1.29 is 4.79 Å². The molecule has 26 heavy (non-hydrogen) atoms. The molecule has 0 saturated heterocycles. The van der Waals surface area contributed by atoms with Crippen molar-refractivity contribution in [2.45, 2.75) is 78.1 Å². The van der Waals surface area contributed by atoms with E-state index >= 15 is 0 Å². The zero-order chi connectivity index (χ0) is 19.4. The van der Waals surface area contributed by atoms with Crippen LogP contribution in [0, 0.1) is 16.7 Å². The monoisotopic (exact) mass is 418 g/mol. The zero-order valence-corrected chi connectivity index (χ0v) is 18.2. The maximum Gasteiger partial charge on any atom is 0.227 e. The second-order valence-corrected chi connectivity index (χ2v) is 9.45. The molecule has 1 unspecified atom stereocenters. The molecule has 0 aromatic heterocycles. The number of carbonyl (C=O) groups excluding carboxylic acids is 1. The number of carbonyl (C=O) groups is 1. The lowest BCUT2D eigenvalue weighted by Gasteiger charge is -2.31. The Morgan fingerprint density at radius 1 is 1.31 bits per heavy atom. The maximum atomic E-state index is 12.9. The van der Waals surface area contributed by atoms with E-state index in [9.17, 15) is 10.1 Å². The molecule has 0 N–H and O–H groups in total. The summed E-state index contributed by atoms with van der Waals surface area (Å²) in [4.78, 5) is 14.9. The summed E-state index contributed by atoms with van der Waals surface area (Å²) in [5.41, 5.74) is 1.57. The summed E-state index contributed by atoms with van der Waals surface area (Å²) < 4.78 is 1.02. The lowest BCUT2D eigenvalue weighted by molar-refractivity contribution is -0.118. The highest BCUT2D eigenvalue weighted by Gasteiger charge is 2.44. The Hall–Kier alpha value is -1.34. The van der Waals surface area contributed by atoms with Crippen molar-refractivity contribution in [1.82, 2.24) is 0 Å². The van der Waals surface area contributed by atoms with Gasteiger partial charge in [-0.25, -0.2) is 0 Å². The molecule has 0 radical (unpaired) electrons. The topological polar surface area (TPSA) is 44.1 Å². The van der Waals surface area contributed by atoms with E-state index in [2.05, 4.69) is 41.9 Å². The van der Waals surface area contributed by atoms with Gasteiger partial charge in [0.1, 0.15) is 0 Å². The molecule has 1 aromatic rings. The summed E-state index contributed by atoms with van der Waals surface area (Å²) in [6.07, 6.45) is 7.10. The van der Waals surface area contributed by atoms with Crippen LogP contribution in [0.3, 0.4) is 0 Å². The number of benzene rings is 1. The van der Waals surface area contributed by atoms with Gasteiger partial charge in [-0.2, -0.15) is 5.26 Å². The van der Waals surface area contributed by atoms with Gasteiger partial charge >= 0.3 is 0 Å².